The van der Waals surface area contributed by atoms with Gasteiger partial charge in [-0.2, -0.15) is 0 Å². The van der Waals surface area contributed by atoms with Gasteiger partial charge < -0.3 is 14.6 Å². The summed E-state index contributed by atoms with van der Waals surface area (Å²) in [6.45, 7) is 2.03. The number of hydrogen-bond donors (Lipinski definition) is 1. The standard InChI is InChI=1S/C20H25N3O2.CH2O2/c1-21-11-5-9-20(19(21)25)10-6-12-23(20)14-16-13-15-7-3-4-8-17(15)22(2)18(16)24;2-1-3/h3-4,7-8,13H,5-6,9-12,14H2,1-2H3;1H,(H,2,3). The van der Waals surface area contributed by atoms with Crippen LogP contribution in [0.2, 0.25) is 0 Å². The normalized spacial score (nSPS) is 22.4. The Morgan fingerprint density at radius 3 is 2.46 bits per heavy atom. The fourth-order valence-corrected chi connectivity index (χ4v) is 4.67. The van der Waals surface area contributed by atoms with Gasteiger partial charge >= 0.3 is 0 Å². The van der Waals surface area contributed by atoms with Crippen molar-refractivity contribution in [3.63, 3.8) is 0 Å². The second-order valence-electron chi connectivity index (χ2n) is 7.58. The van der Waals surface area contributed by atoms with Gasteiger partial charge in [0.25, 0.3) is 12.0 Å². The molecule has 2 saturated heterocycles. The van der Waals surface area contributed by atoms with Gasteiger partial charge in [0.1, 0.15) is 5.54 Å². The minimum atomic E-state index is -0.399. The van der Waals surface area contributed by atoms with Gasteiger partial charge in [0.2, 0.25) is 5.91 Å². The van der Waals surface area contributed by atoms with Crippen molar-refractivity contribution < 1.29 is 14.7 Å². The van der Waals surface area contributed by atoms with Gasteiger partial charge in [-0.05, 0) is 49.7 Å². The molecule has 1 amide bonds. The maximum absolute atomic E-state index is 12.9. The zero-order valence-electron chi connectivity index (χ0n) is 16.4. The Hall–Kier alpha value is -2.67. The van der Waals surface area contributed by atoms with Gasteiger partial charge in [-0.3, -0.25) is 19.3 Å². The number of piperidine rings is 1. The Balaban J connectivity index is 0.000000706. The largest absolute Gasteiger partial charge is 0.483 e. The molecule has 0 bridgehead atoms. The summed E-state index contributed by atoms with van der Waals surface area (Å²) >= 11 is 0. The molecule has 7 nitrogen and oxygen atoms in total. The SMILES string of the molecule is CN1CCCC2(CCCN2Cc2cc3ccccc3n(C)c2=O)C1=O.O=CO. The number of carboxylic acid groups (broad SMARTS) is 1. The van der Waals surface area contributed by atoms with E-state index >= 15 is 0 Å². The van der Waals surface area contributed by atoms with E-state index < -0.39 is 5.54 Å². The van der Waals surface area contributed by atoms with E-state index in [1.54, 1.807) is 4.57 Å². The lowest BCUT2D eigenvalue weighted by Gasteiger charge is -2.43. The summed E-state index contributed by atoms with van der Waals surface area (Å²) in [6, 6.07) is 9.96. The van der Waals surface area contributed by atoms with E-state index in [1.807, 2.05) is 49.3 Å². The maximum atomic E-state index is 12.9. The molecular formula is C21H27N3O4. The summed E-state index contributed by atoms with van der Waals surface area (Å²) in [6.07, 6.45) is 3.87. The Bertz CT molecular complexity index is 939. The number of likely N-dealkylation sites (N-methyl/N-ethyl adjacent to an activating group) is 1. The van der Waals surface area contributed by atoms with Crippen molar-refractivity contribution in [1.29, 1.82) is 0 Å². The van der Waals surface area contributed by atoms with E-state index in [4.69, 9.17) is 9.90 Å². The number of rotatable bonds is 2. The minimum absolute atomic E-state index is 0.0392. The molecule has 150 valence electrons. The number of amides is 1. The van der Waals surface area contributed by atoms with Crippen LogP contribution in [0.5, 0.6) is 0 Å². The molecule has 3 heterocycles. The maximum Gasteiger partial charge on any atom is 0.290 e. The molecule has 2 aliphatic rings. The number of para-hydroxylation sites is 1. The zero-order valence-corrected chi connectivity index (χ0v) is 16.4. The second-order valence-corrected chi connectivity index (χ2v) is 7.58. The average molecular weight is 385 g/mol. The number of benzene rings is 1. The summed E-state index contributed by atoms with van der Waals surface area (Å²) in [5, 5.41) is 7.96. The number of carbonyl (C=O) groups excluding carboxylic acids is 1. The lowest BCUT2D eigenvalue weighted by molar-refractivity contribution is -0.146. The van der Waals surface area contributed by atoms with Crippen LogP contribution in [0.1, 0.15) is 31.2 Å². The van der Waals surface area contributed by atoms with Crippen molar-refractivity contribution in [2.24, 2.45) is 7.05 Å². The third-order valence-electron chi connectivity index (χ3n) is 6.02. The van der Waals surface area contributed by atoms with Crippen LogP contribution in [-0.4, -0.2) is 57.5 Å². The molecule has 0 saturated carbocycles. The lowest BCUT2D eigenvalue weighted by atomic mass is 9.85. The van der Waals surface area contributed by atoms with E-state index in [2.05, 4.69) is 4.90 Å². The Morgan fingerprint density at radius 2 is 1.75 bits per heavy atom. The summed E-state index contributed by atoms with van der Waals surface area (Å²) in [5.41, 5.74) is 1.37. The molecule has 1 unspecified atom stereocenters. The van der Waals surface area contributed by atoms with Crippen LogP contribution < -0.4 is 5.56 Å². The Labute approximate surface area is 164 Å². The van der Waals surface area contributed by atoms with Crippen LogP contribution in [0.15, 0.2) is 35.1 Å². The Morgan fingerprint density at radius 1 is 1.11 bits per heavy atom. The third kappa shape index (κ3) is 3.42. The number of aromatic nitrogens is 1. The van der Waals surface area contributed by atoms with Gasteiger partial charge in [0.15, 0.2) is 0 Å². The van der Waals surface area contributed by atoms with E-state index in [1.165, 1.54) is 0 Å². The number of fused-ring (bicyclic) bond motifs is 1. The average Bonchev–Trinajstić information content (AvgIpc) is 3.08. The molecule has 1 aromatic carbocycles. The highest BCUT2D eigenvalue weighted by Crippen LogP contribution is 2.38. The van der Waals surface area contributed by atoms with Crippen LogP contribution in [-0.2, 0) is 23.2 Å². The molecule has 1 N–H and O–H groups in total. The van der Waals surface area contributed by atoms with Crippen LogP contribution in [0.25, 0.3) is 10.9 Å². The van der Waals surface area contributed by atoms with Crippen molar-refractivity contribution in [3.05, 3.63) is 46.2 Å². The number of carbonyl (C=O) groups is 2. The number of nitrogens with zero attached hydrogens (tertiary/aromatic N) is 3. The molecule has 1 atom stereocenters. The number of pyridine rings is 1. The zero-order chi connectivity index (χ0) is 20.3. The van der Waals surface area contributed by atoms with Crippen LogP contribution in [0, 0.1) is 0 Å². The molecule has 2 aliphatic heterocycles. The van der Waals surface area contributed by atoms with Gasteiger partial charge in [-0.1, -0.05) is 18.2 Å². The highest BCUT2D eigenvalue weighted by molar-refractivity contribution is 5.87. The van der Waals surface area contributed by atoms with Crippen molar-refractivity contribution >= 4 is 23.3 Å². The van der Waals surface area contributed by atoms with Gasteiger partial charge in [0, 0.05) is 32.7 Å². The predicted molar refractivity (Wildman–Crippen MR) is 107 cm³/mol. The van der Waals surface area contributed by atoms with Crippen molar-refractivity contribution in [2.75, 3.05) is 20.1 Å². The number of hydrogen-bond acceptors (Lipinski definition) is 4. The minimum Gasteiger partial charge on any atom is -0.483 e. The first-order valence-corrected chi connectivity index (χ1v) is 9.61. The summed E-state index contributed by atoms with van der Waals surface area (Å²) in [7, 11) is 3.72. The van der Waals surface area contributed by atoms with Gasteiger partial charge in [-0.25, -0.2) is 0 Å². The summed E-state index contributed by atoms with van der Waals surface area (Å²) in [4.78, 5) is 38.2. The number of likely N-dealkylation sites (tertiary alicyclic amines) is 2. The summed E-state index contributed by atoms with van der Waals surface area (Å²) in [5.74, 6) is 0.230. The fourth-order valence-electron chi connectivity index (χ4n) is 4.67. The second kappa shape index (κ2) is 8.14. The van der Waals surface area contributed by atoms with Crippen molar-refractivity contribution in [3.8, 4) is 0 Å². The molecule has 7 heteroatoms. The van der Waals surface area contributed by atoms with Crippen molar-refractivity contribution in [2.45, 2.75) is 37.8 Å². The molecule has 0 aliphatic carbocycles. The third-order valence-corrected chi connectivity index (χ3v) is 6.02. The molecule has 2 fully saturated rings. The van der Waals surface area contributed by atoms with E-state index in [-0.39, 0.29) is 17.9 Å². The molecule has 0 radical (unpaired) electrons. The molecule has 1 spiro atoms. The van der Waals surface area contributed by atoms with E-state index in [0.29, 0.717) is 6.54 Å². The summed E-state index contributed by atoms with van der Waals surface area (Å²) < 4.78 is 1.72. The molecule has 2 aromatic rings. The first kappa shape index (κ1) is 20.1. The quantitative estimate of drug-likeness (QED) is 0.798. The number of aryl methyl sites for hydroxylation is 1. The first-order chi connectivity index (χ1) is 13.4. The molecule has 28 heavy (non-hydrogen) atoms. The Kier molecular flexibility index (Phi) is 5.84. The predicted octanol–water partition coefficient (Wildman–Crippen LogP) is 1.83. The van der Waals surface area contributed by atoms with Crippen molar-refractivity contribution in [1.82, 2.24) is 14.4 Å². The lowest BCUT2D eigenvalue weighted by Crippen LogP contribution is -2.58. The molecular weight excluding hydrogens is 358 g/mol. The van der Waals surface area contributed by atoms with Crippen LogP contribution in [0.4, 0.5) is 0 Å². The molecule has 1 aromatic heterocycles. The highest BCUT2D eigenvalue weighted by atomic mass is 16.3. The van der Waals surface area contributed by atoms with Crippen LogP contribution in [0.3, 0.4) is 0 Å². The topological polar surface area (TPSA) is 82.8 Å². The van der Waals surface area contributed by atoms with Gasteiger partial charge in [0.05, 0.1) is 5.52 Å². The van der Waals surface area contributed by atoms with Crippen LogP contribution >= 0.6 is 0 Å². The first-order valence-electron chi connectivity index (χ1n) is 9.61. The molecule has 4 rings (SSSR count). The highest BCUT2D eigenvalue weighted by Gasteiger charge is 2.49. The smallest absolute Gasteiger partial charge is 0.290 e. The van der Waals surface area contributed by atoms with Gasteiger partial charge in [-0.15, -0.1) is 0 Å². The van der Waals surface area contributed by atoms with E-state index in [0.717, 1.165) is 55.2 Å². The fraction of sp³-hybridized carbons (Fsp3) is 0.476. The van der Waals surface area contributed by atoms with E-state index in [9.17, 15) is 9.59 Å². The monoisotopic (exact) mass is 385 g/mol.